The van der Waals surface area contributed by atoms with Gasteiger partial charge in [-0.15, -0.1) is 0 Å². The lowest BCUT2D eigenvalue weighted by molar-refractivity contribution is 0.0925. The molecule has 0 saturated heterocycles. The Morgan fingerprint density at radius 3 is 2.26 bits per heavy atom. The molecule has 1 aliphatic heterocycles. The molecule has 0 fully saturated rings. The topological polar surface area (TPSA) is 120 Å². The highest BCUT2D eigenvalue weighted by atomic mass is 35.5. The third kappa shape index (κ3) is 4.02. The molecule has 0 radical (unpaired) electrons. The van der Waals surface area contributed by atoms with Gasteiger partial charge in [0.25, 0.3) is 21.8 Å². The number of halogens is 1. The maximum absolute atomic E-state index is 13.2. The molecule has 1 aromatic heterocycles. The van der Waals surface area contributed by atoms with E-state index in [-0.39, 0.29) is 43.5 Å². The van der Waals surface area contributed by atoms with Crippen LogP contribution >= 0.6 is 11.6 Å². The number of nitriles is 1. The largest absolute Gasteiger partial charge is 0.279 e. The molecule has 1 aliphatic rings. The Balaban J connectivity index is 1.74. The van der Waals surface area contributed by atoms with Gasteiger partial charge < -0.3 is 0 Å². The molecule has 0 saturated carbocycles. The second-order valence-electron chi connectivity index (χ2n) is 8.69. The van der Waals surface area contributed by atoms with Crippen molar-refractivity contribution in [3.8, 4) is 6.07 Å². The summed E-state index contributed by atoms with van der Waals surface area (Å²) < 4.78 is 28.5. The molecule has 0 unspecified atom stereocenters. The minimum absolute atomic E-state index is 0.00113. The van der Waals surface area contributed by atoms with Gasteiger partial charge in [0.1, 0.15) is 5.82 Å². The molecule has 10 heteroatoms. The van der Waals surface area contributed by atoms with Crippen molar-refractivity contribution in [1.29, 1.82) is 5.26 Å². The second kappa shape index (κ2) is 8.24. The number of hydrogen-bond acceptors (Lipinski definition) is 6. The molecule has 0 bridgehead atoms. The Kier molecular flexibility index (Phi) is 5.67. The molecule has 4 rings (SSSR count). The van der Waals surface area contributed by atoms with Crippen molar-refractivity contribution >= 4 is 44.9 Å². The van der Waals surface area contributed by atoms with Crippen molar-refractivity contribution in [3.63, 3.8) is 0 Å². The molecule has 0 spiro atoms. The van der Waals surface area contributed by atoms with Crippen molar-refractivity contribution in [2.24, 2.45) is 0 Å². The SMILES string of the molecule is CC(C)(C)c1ccc(S(=O)(=O)Nc2ccc(Cl)c3c2C(=O)N(c2cc(C#N)ccn2)C3=O)cc1. The molecule has 2 aromatic carbocycles. The van der Waals surface area contributed by atoms with E-state index in [4.69, 9.17) is 16.9 Å². The molecule has 0 aliphatic carbocycles. The highest BCUT2D eigenvalue weighted by Crippen LogP contribution is 2.37. The number of benzene rings is 2. The number of carbonyl (C=O) groups is 2. The molecule has 3 aromatic rings. The lowest BCUT2D eigenvalue weighted by Crippen LogP contribution is -2.30. The van der Waals surface area contributed by atoms with Crippen molar-refractivity contribution in [1.82, 2.24) is 4.98 Å². The van der Waals surface area contributed by atoms with Crippen LogP contribution in [0.5, 0.6) is 0 Å². The first-order valence-corrected chi connectivity index (χ1v) is 12.0. The second-order valence-corrected chi connectivity index (χ2v) is 10.8. The van der Waals surface area contributed by atoms with E-state index in [2.05, 4.69) is 9.71 Å². The lowest BCUT2D eigenvalue weighted by Gasteiger charge is -2.19. The Morgan fingerprint density at radius 2 is 1.65 bits per heavy atom. The molecule has 2 heterocycles. The number of aromatic nitrogens is 1. The van der Waals surface area contributed by atoms with Gasteiger partial charge in [-0.2, -0.15) is 5.26 Å². The van der Waals surface area contributed by atoms with Gasteiger partial charge in [0.15, 0.2) is 0 Å². The number of pyridine rings is 1. The van der Waals surface area contributed by atoms with Gasteiger partial charge in [-0.1, -0.05) is 44.5 Å². The summed E-state index contributed by atoms with van der Waals surface area (Å²) in [6.07, 6.45) is 1.30. The summed E-state index contributed by atoms with van der Waals surface area (Å²) in [4.78, 5) is 31.1. The van der Waals surface area contributed by atoms with E-state index < -0.39 is 21.8 Å². The average Bonchev–Trinajstić information content (AvgIpc) is 3.06. The summed E-state index contributed by atoms with van der Waals surface area (Å²) in [5.74, 6) is -1.62. The number of carbonyl (C=O) groups excluding carboxylic acids is 2. The van der Waals surface area contributed by atoms with Gasteiger partial charge in [-0.3, -0.25) is 14.3 Å². The van der Waals surface area contributed by atoms with Crippen LogP contribution in [0.2, 0.25) is 5.02 Å². The zero-order valence-electron chi connectivity index (χ0n) is 18.5. The monoisotopic (exact) mass is 494 g/mol. The number of nitrogens with zero attached hydrogens (tertiary/aromatic N) is 3. The van der Waals surface area contributed by atoms with E-state index in [1.165, 1.54) is 42.6 Å². The van der Waals surface area contributed by atoms with Crippen LogP contribution in [0.3, 0.4) is 0 Å². The fourth-order valence-corrected chi connectivity index (χ4v) is 4.88. The molecule has 172 valence electrons. The maximum atomic E-state index is 13.2. The van der Waals surface area contributed by atoms with Crippen LogP contribution in [0.4, 0.5) is 11.5 Å². The standard InChI is InChI=1S/C24H19ClN4O4S/c1-24(2,3)15-4-6-16(7-5-15)34(32,33)28-18-9-8-17(25)20-21(18)23(31)29(22(20)30)19-12-14(13-26)10-11-27-19/h4-12,28H,1-3H3. The van der Waals surface area contributed by atoms with Gasteiger partial charge in [0.2, 0.25) is 0 Å². The van der Waals surface area contributed by atoms with Gasteiger partial charge in [-0.25, -0.2) is 18.3 Å². The summed E-state index contributed by atoms with van der Waals surface area (Å²) in [5.41, 5.74) is 0.599. The minimum Gasteiger partial charge on any atom is -0.279 e. The molecule has 8 nitrogen and oxygen atoms in total. The third-order valence-corrected chi connectivity index (χ3v) is 7.06. The fourth-order valence-electron chi connectivity index (χ4n) is 3.57. The quantitative estimate of drug-likeness (QED) is 0.533. The molecular formula is C24H19ClN4O4S. The summed E-state index contributed by atoms with van der Waals surface area (Å²) in [6.45, 7) is 6.05. The van der Waals surface area contributed by atoms with Gasteiger partial charge >= 0.3 is 0 Å². The predicted octanol–water partition coefficient (Wildman–Crippen LogP) is 4.51. The van der Waals surface area contributed by atoms with Gasteiger partial charge in [0.05, 0.1) is 38.4 Å². The first kappa shape index (κ1) is 23.4. The highest BCUT2D eigenvalue weighted by molar-refractivity contribution is 7.92. The predicted molar refractivity (Wildman–Crippen MR) is 127 cm³/mol. The van der Waals surface area contributed by atoms with Crippen LogP contribution in [0.25, 0.3) is 0 Å². The smallest absolute Gasteiger partial charge is 0.269 e. The number of fused-ring (bicyclic) bond motifs is 1. The zero-order chi connectivity index (χ0) is 24.8. The Labute approximate surface area is 201 Å². The maximum Gasteiger partial charge on any atom is 0.269 e. The molecule has 34 heavy (non-hydrogen) atoms. The Hall–Kier alpha value is -3.74. The molecule has 0 atom stereocenters. The van der Waals surface area contributed by atoms with E-state index in [1.54, 1.807) is 12.1 Å². The first-order valence-electron chi connectivity index (χ1n) is 10.1. The number of anilines is 2. The zero-order valence-corrected chi connectivity index (χ0v) is 20.0. The van der Waals surface area contributed by atoms with Crippen LogP contribution in [0.15, 0.2) is 59.6 Å². The minimum atomic E-state index is -4.08. The number of amides is 2. The van der Waals surface area contributed by atoms with Crippen molar-refractivity contribution in [3.05, 3.63) is 82.0 Å². The van der Waals surface area contributed by atoms with Gasteiger partial charge in [-0.05, 0) is 47.4 Å². The normalized spacial score (nSPS) is 13.6. The summed E-state index contributed by atoms with van der Waals surface area (Å²) in [6, 6.07) is 13.7. The number of imide groups is 1. The van der Waals surface area contributed by atoms with Crippen molar-refractivity contribution < 1.29 is 18.0 Å². The average molecular weight is 495 g/mol. The van der Waals surface area contributed by atoms with E-state index in [0.29, 0.717) is 0 Å². The number of nitrogens with one attached hydrogen (secondary N) is 1. The van der Waals surface area contributed by atoms with E-state index in [9.17, 15) is 18.0 Å². The van der Waals surface area contributed by atoms with Crippen molar-refractivity contribution in [2.45, 2.75) is 31.1 Å². The summed E-state index contributed by atoms with van der Waals surface area (Å²) in [7, 11) is -4.08. The van der Waals surface area contributed by atoms with Crippen LogP contribution in [-0.2, 0) is 15.4 Å². The summed E-state index contributed by atoms with van der Waals surface area (Å²) in [5, 5.41) is 9.12. The number of hydrogen-bond donors (Lipinski definition) is 1. The van der Waals surface area contributed by atoms with Gasteiger partial charge in [0, 0.05) is 6.20 Å². The lowest BCUT2D eigenvalue weighted by atomic mass is 9.87. The van der Waals surface area contributed by atoms with E-state index in [0.717, 1.165) is 10.5 Å². The summed E-state index contributed by atoms with van der Waals surface area (Å²) >= 11 is 6.21. The third-order valence-electron chi connectivity index (χ3n) is 5.37. The highest BCUT2D eigenvalue weighted by Gasteiger charge is 2.42. The van der Waals surface area contributed by atoms with Crippen LogP contribution in [0, 0.1) is 11.3 Å². The van der Waals surface area contributed by atoms with E-state index >= 15 is 0 Å². The fraction of sp³-hybridized carbons (Fsp3) is 0.167. The van der Waals surface area contributed by atoms with Crippen molar-refractivity contribution in [2.75, 3.05) is 9.62 Å². The van der Waals surface area contributed by atoms with Crippen LogP contribution in [-0.4, -0.2) is 25.2 Å². The first-order chi connectivity index (χ1) is 15.9. The Morgan fingerprint density at radius 1 is 1.00 bits per heavy atom. The van der Waals surface area contributed by atoms with Crippen LogP contribution in [0.1, 0.15) is 52.6 Å². The number of sulfonamides is 1. The number of rotatable bonds is 4. The Bertz CT molecular complexity index is 1490. The molecular weight excluding hydrogens is 476 g/mol. The van der Waals surface area contributed by atoms with Crippen LogP contribution < -0.4 is 9.62 Å². The molecule has 2 amide bonds. The van der Waals surface area contributed by atoms with E-state index in [1.807, 2.05) is 26.8 Å². The molecule has 1 N–H and O–H groups in total.